The van der Waals surface area contributed by atoms with Crippen LogP contribution in [0.5, 0.6) is 11.5 Å². The molecule has 0 spiro atoms. The van der Waals surface area contributed by atoms with E-state index in [0.29, 0.717) is 37.6 Å². The second kappa shape index (κ2) is 7.76. The Balaban J connectivity index is 2.11. The standard InChI is InChI=1S/C19H27NO5/c1-5-24-15-8-7-13(11-16(15)25-6-2)19(3,4)18(23)20-14-9-12(10-14)17(21)22/h7-8,11-12,14H,5-6,9-10H2,1-4H3,(H,20,23)(H,21,22). The SMILES string of the molecule is CCOc1ccc(C(C)(C)C(=O)NC2CC(C(=O)O)C2)cc1OCC. The Hall–Kier alpha value is -2.24. The highest BCUT2D eigenvalue weighted by atomic mass is 16.5. The van der Waals surface area contributed by atoms with Gasteiger partial charge in [0.1, 0.15) is 0 Å². The Morgan fingerprint density at radius 3 is 2.32 bits per heavy atom. The lowest BCUT2D eigenvalue weighted by atomic mass is 9.78. The van der Waals surface area contributed by atoms with E-state index in [1.165, 1.54) is 0 Å². The summed E-state index contributed by atoms with van der Waals surface area (Å²) in [4.78, 5) is 23.6. The van der Waals surface area contributed by atoms with Crippen molar-refractivity contribution >= 4 is 11.9 Å². The maximum absolute atomic E-state index is 12.7. The van der Waals surface area contributed by atoms with E-state index < -0.39 is 11.4 Å². The molecule has 6 heteroatoms. The highest BCUT2D eigenvalue weighted by Gasteiger charge is 2.38. The minimum absolute atomic E-state index is 0.0677. The van der Waals surface area contributed by atoms with E-state index in [2.05, 4.69) is 5.32 Å². The average molecular weight is 349 g/mol. The molecule has 1 aliphatic rings. The van der Waals surface area contributed by atoms with Gasteiger partial charge in [0.15, 0.2) is 11.5 Å². The van der Waals surface area contributed by atoms with Crippen LogP contribution < -0.4 is 14.8 Å². The largest absolute Gasteiger partial charge is 0.490 e. The highest BCUT2D eigenvalue weighted by molar-refractivity contribution is 5.88. The number of amides is 1. The predicted octanol–water partition coefficient (Wildman–Crippen LogP) is 2.74. The van der Waals surface area contributed by atoms with Crippen molar-refractivity contribution < 1.29 is 24.2 Å². The van der Waals surface area contributed by atoms with E-state index in [1.54, 1.807) is 0 Å². The van der Waals surface area contributed by atoms with Gasteiger partial charge in [-0.25, -0.2) is 0 Å². The third kappa shape index (κ3) is 4.24. The number of nitrogens with one attached hydrogen (secondary N) is 1. The number of hydrogen-bond donors (Lipinski definition) is 2. The molecule has 2 rings (SSSR count). The first-order valence-electron chi connectivity index (χ1n) is 8.73. The summed E-state index contributed by atoms with van der Waals surface area (Å²) in [6.07, 6.45) is 0.981. The van der Waals surface area contributed by atoms with Crippen molar-refractivity contribution in [3.05, 3.63) is 23.8 Å². The topological polar surface area (TPSA) is 84.9 Å². The summed E-state index contributed by atoms with van der Waals surface area (Å²) in [6, 6.07) is 5.47. The Morgan fingerprint density at radius 2 is 1.76 bits per heavy atom. The molecular formula is C19H27NO5. The Labute approximate surface area is 148 Å². The molecule has 1 aliphatic carbocycles. The molecule has 1 fully saturated rings. The number of carboxylic acid groups (broad SMARTS) is 1. The number of benzene rings is 1. The summed E-state index contributed by atoms with van der Waals surface area (Å²) in [7, 11) is 0. The molecule has 6 nitrogen and oxygen atoms in total. The minimum Gasteiger partial charge on any atom is -0.490 e. The molecule has 138 valence electrons. The number of aliphatic carboxylic acids is 1. The molecule has 1 aromatic rings. The van der Waals surface area contributed by atoms with Crippen LogP contribution >= 0.6 is 0 Å². The van der Waals surface area contributed by atoms with Gasteiger partial charge in [-0.2, -0.15) is 0 Å². The second-order valence-corrected chi connectivity index (χ2v) is 6.83. The molecule has 0 aliphatic heterocycles. The quantitative estimate of drug-likeness (QED) is 0.754. The number of ether oxygens (including phenoxy) is 2. The van der Waals surface area contributed by atoms with Crippen LogP contribution in [0.15, 0.2) is 18.2 Å². The van der Waals surface area contributed by atoms with Crippen LogP contribution in [0.25, 0.3) is 0 Å². The molecule has 0 unspecified atom stereocenters. The zero-order chi connectivity index (χ0) is 18.6. The van der Waals surface area contributed by atoms with Crippen LogP contribution in [0.2, 0.25) is 0 Å². The summed E-state index contributed by atoms with van der Waals surface area (Å²) in [5.74, 6) is 0.0268. The molecular weight excluding hydrogens is 322 g/mol. The normalized spacial score (nSPS) is 19.7. The van der Waals surface area contributed by atoms with Crippen molar-refractivity contribution in [2.24, 2.45) is 5.92 Å². The molecule has 0 saturated heterocycles. The molecule has 0 bridgehead atoms. The van der Waals surface area contributed by atoms with Crippen LogP contribution in [-0.4, -0.2) is 36.2 Å². The van der Waals surface area contributed by atoms with E-state index in [4.69, 9.17) is 14.6 Å². The number of carbonyl (C=O) groups is 2. The molecule has 1 aromatic carbocycles. The Kier molecular flexibility index (Phi) is 5.93. The van der Waals surface area contributed by atoms with Gasteiger partial charge in [0.25, 0.3) is 0 Å². The van der Waals surface area contributed by atoms with E-state index in [0.717, 1.165) is 5.56 Å². The monoisotopic (exact) mass is 349 g/mol. The van der Waals surface area contributed by atoms with Crippen molar-refractivity contribution in [1.82, 2.24) is 5.32 Å². The van der Waals surface area contributed by atoms with Gasteiger partial charge >= 0.3 is 5.97 Å². The maximum atomic E-state index is 12.7. The summed E-state index contributed by atoms with van der Waals surface area (Å²) in [5, 5.41) is 11.9. The number of carboxylic acids is 1. The van der Waals surface area contributed by atoms with Crippen molar-refractivity contribution in [3.8, 4) is 11.5 Å². The lowest BCUT2D eigenvalue weighted by molar-refractivity contribution is -0.146. The molecule has 2 N–H and O–H groups in total. The van der Waals surface area contributed by atoms with Gasteiger partial charge in [0.05, 0.1) is 24.5 Å². The van der Waals surface area contributed by atoms with Crippen molar-refractivity contribution in [2.75, 3.05) is 13.2 Å². The van der Waals surface area contributed by atoms with Crippen LogP contribution in [0.4, 0.5) is 0 Å². The number of hydrogen-bond acceptors (Lipinski definition) is 4. The molecule has 1 amide bonds. The van der Waals surface area contributed by atoms with Crippen LogP contribution in [-0.2, 0) is 15.0 Å². The molecule has 0 aromatic heterocycles. The second-order valence-electron chi connectivity index (χ2n) is 6.83. The van der Waals surface area contributed by atoms with Gasteiger partial charge < -0.3 is 19.9 Å². The fourth-order valence-corrected chi connectivity index (χ4v) is 2.87. The summed E-state index contributed by atoms with van der Waals surface area (Å²) >= 11 is 0. The van der Waals surface area contributed by atoms with Gasteiger partial charge in [-0.05, 0) is 58.2 Å². The van der Waals surface area contributed by atoms with E-state index >= 15 is 0 Å². The Bertz CT molecular complexity index is 635. The smallest absolute Gasteiger partial charge is 0.306 e. The van der Waals surface area contributed by atoms with Crippen LogP contribution in [0, 0.1) is 5.92 Å². The average Bonchev–Trinajstić information content (AvgIpc) is 2.51. The summed E-state index contributed by atoms with van der Waals surface area (Å²) in [6.45, 7) is 8.55. The van der Waals surface area contributed by atoms with Gasteiger partial charge in [-0.1, -0.05) is 6.07 Å². The van der Waals surface area contributed by atoms with Gasteiger partial charge in [-0.3, -0.25) is 9.59 Å². The van der Waals surface area contributed by atoms with Gasteiger partial charge in [0.2, 0.25) is 5.91 Å². The zero-order valence-corrected chi connectivity index (χ0v) is 15.3. The predicted molar refractivity (Wildman–Crippen MR) is 94.1 cm³/mol. The first kappa shape index (κ1) is 19.1. The van der Waals surface area contributed by atoms with Crippen molar-refractivity contribution in [3.63, 3.8) is 0 Å². The molecule has 0 heterocycles. The number of carbonyl (C=O) groups excluding carboxylic acids is 1. The zero-order valence-electron chi connectivity index (χ0n) is 15.3. The maximum Gasteiger partial charge on any atom is 0.306 e. The van der Waals surface area contributed by atoms with Crippen LogP contribution in [0.1, 0.15) is 46.1 Å². The van der Waals surface area contributed by atoms with E-state index in [9.17, 15) is 9.59 Å². The molecule has 1 saturated carbocycles. The van der Waals surface area contributed by atoms with Crippen molar-refractivity contribution in [2.45, 2.75) is 52.0 Å². The lowest BCUT2D eigenvalue weighted by Gasteiger charge is -2.36. The fraction of sp³-hybridized carbons (Fsp3) is 0.579. The van der Waals surface area contributed by atoms with Crippen molar-refractivity contribution in [1.29, 1.82) is 0 Å². The third-order valence-electron chi connectivity index (χ3n) is 4.66. The van der Waals surface area contributed by atoms with Crippen LogP contribution in [0.3, 0.4) is 0 Å². The third-order valence-corrected chi connectivity index (χ3v) is 4.66. The Morgan fingerprint density at radius 1 is 1.16 bits per heavy atom. The summed E-state index contributed by atoms with van der Waals surface area (Å²) in [5.41, 5.74) is 0.0660. The van der Waals surface area contributed by atoms with E-state index in [1.807, 2.05) is 45.9 Å². The van der Waals surface area contributed by atoms with Gasteiger partial charge in [0, 0.05) is 6.04 Å². The van der Waals surface area contributed by atoms with E-state index in [-0.39, 0.29) is 17.9 Å². The van der Waals surface area contributed by atoms with Gasteiger partial charge in [-0.15, -0.1) is 0 Å². The summed E-state index contributed by atoms with van der Waals surface area (Å²) < 4.78 is 11.2. The molecule has 25 heavy (non-hydrogen) atoms. The lowest BCUT2D eigenvalue weighted by Crippen LogP contribution is -2.51. The first-order chi connectivity index (χ1) is 11.8. The highest BCUT2D eigenvalue weighted by Crippen LogP contribution is 2.35. The number of rotatable bonds is 8. The molecule has 0 radical (unpaired) electrons. The fourth-order valence-electron chi connectivity index (χ4n) is 2.87. The minimum atomic E-state index is -0.794. The first-order valence-corrected chi connectivity index (χ1v) is 8.73. The molecule has 0 atom stereocenters.